The van der Waals surface area contributed by atoms with E-state index in [0.29, 0.717) is 13.1 Å². The number of nitrogens with zero attached hydrogens (tertiary/aromatic N) is 4. The fourth-order valence-electron chi connectivity index (χ4n) is 3.47. The van der Waals surface area contributed by atoms with Crippen molar-refractivity contribution >= 4 is 23.9 Å². The van der Waals surface area contributed by atoms with Gasteiger partial charge in [0.05, 0.1) is 18.7 Å². The van der Waals surface area contributed by atoms with Crippen LogP contribution >= 0.6 is 11.8 Å². The van der Waals surface area contributed by atoms with Gasteiger partial charge >= 0.3 is 5.69 Å². The predicted molar refractivity (Wildman–Crippen MR) is 126 cm³/mol. The molecule has 3 aromatic rings. The van der Waals surface area contributed by atoms with Crippen molar-refractivity contribution < 1.29 is 18.6 Å². The van der Waals surface area contributed by atoms with Crippen LogP contribution in [0.4, 0.5) is 14.6 Å². The van der Waals surface area contributed by atoms with Gasteiger partial charge in [-0.05, 0) is 41.5 Å². The van der Waals surface area contributed by atoms with E-state index in [9.17, 15) is 18.7 Å². The topological polar surface area (TPSA) is 106 Å². The van der Waals surface area contributed by atoms with E-state index in [-0.39, 0.29) is 29.8 Å². The lowest BCUT2D eigenvalue weighted by atomic mass is 10.2. The lowest BCUT2D eigenvalue weighted by Gasteiger charge is -2.28. The summed E-state index contributed by atoms with van der Waals surface area (Å²) in [6, 6.07) is 13.6. The summed E-state index contributed by atoms with van der Waals surface area (Å²) in [7, 11) is 0. The summed E-state index contributed by atoms with van der Waals surface area (Å²) in [6.07, 6.45) is 2.99. The zero-order chi connectivity index (χ0) is 24.1. The van der Waals surface area contributed by atoms with E-state index in [1.807, 2.05) is 4.90 Å². The van der Waals surface area contributed by atoms with E-state index >= 15 is 0 Å². The number of thioether (sulfide) groups is 1. The molecule has 2 aromatic carbocycles. The van der Waals surface area contributed by atoms with E-state index < -0.39 is 17.0 Å². The normalized spacial score (nSPS) is 20.1. The predicted octanol–water partition coefficient (Wildman–Crippen LogP) is 2.53. The SMILES string of the molecule is Nc1ccn([C@@]2(N=CN(Cc3ccc(F)cc3)Cc3ccc(F)cc3)CS[C@@H](CO)O2)c(=O)n1. The van der Waals surface area contributed by atoms with Crippen molar-refractivity contribution in [1.82, 2.24) is 14.5 Å². The second-order valence-electron chi connectivity index (χ2n) is 7.69. The summed E-state index contributed by atoms with van der Waals surface area (Å²) < 4.78 is 33.9. The second-order valence-corrected chi connectivity index (χ2v) is 8.84. The largest absolute Gasteiger partial charge is 0.393 e. The Balaban J connectivity index is 1.67. The molecule has 1 aliphatic heterocycles. The maximum Gasteiger partial charge on any atom is 0.353 e. The lowest BCUT2D eigenvalue weighted by molar-refractivity contribution is -0.0948. The third kappa shape index (κ3) is 5.61. The minimum absolute atomic E-state index is 0.0685. The fraction of sp³-hybridized carbons (Fsp3) is 0.261. The molecule has 178 valence electrons. The Hall–Kier alpha value is -3.28. The number of ether oxygens (including phenoxy) is 1. The van der Waals surface area contributed by atoms with Crippen LogP contribution in [0.2, 0.25) is 0 Å². The minimum atomic E-state index is -1.44. The van der Waals surface area contributed by atoms with Crippen molar-refractivity contribution in [3.63, 3.8) is 0 Å². The molecule has 2 atom stereocenters. The first-order valence-corrected chi connectivity index (χ1v) is 11.5. The molecule has 0 spiro atoms. The first-order chi connectivity index (χ1) is 16.4. The molecule has 1 aliphatic rings. The number of aromatic nitrogens is 2. The highest BCUT2D eigenvalue weighted by molar-refractivity contribution is 8.00. The van der Waals surface area contributed by atoms with Crippen molar-refractivity contribution in [3.05, 3.63) is 94.0 Å². The fourth-order valence-corrected chi connectivity index (χ4v) is 4.48. The highest BCUT2D eigenvalue weighted by Crippen LogP contribution is 2.37. The zero-order valence-corrected chi connectivity index (χ0v) is 18.9. The standard InChI is InChI=1S/C23H23F2N5O3S/c24-18-5-1-16(2-6-18)11-29(12-17-3-7-19(25)8-4-17)15-27-23(14-34-21(13-31)33-23)30-10-9-20(26)28-22(30)32/h1-10,15,21,31H,11-14H2,(H2,26,28,32)/t21-,23-/m0/s1. The number of aliphatic imine (C=N–C) groups is 1. The molecule has 1 fully saturated rings. The minimum Gasteiger partial charge on any atom is -0.393 e. The molecule has 0 unspecified atom stereocenters. The first-order valence-electron chi connectivity index (χ1n) is 10.4. The molecule has 0 bridgehead atoms. The molecule has 0 radical (unpaired) electrons. The molecular formula is C23H23F2N5O3S. The highest BCUT2D eigenvalue weighted by Gasteiger charge is 2.43. The maximum atomic E-state index is 13.4. The molecule has 4 rings (SSSR count). The number of hydrogen-bond donors (Lipinski definition) is 2. The average Bonchev–Trinajstić information content (AvgIpc) is 3.25. The number of nitrogen functional groups attached to an aromatic ring is 1. The molecule has 0 amide bonds. The number of benzene rings is 2. The smallest absolute Gasteiger partial charge is 0.353 e. The monoisotopic (exact) mass is 487 g/mol. The summed E-state index contributed by atoms with van der Waals surface area (Å²) in [5.41, 5.74) is 6.06. The summed E-state index contributed by atoms with van der Waals surface area (Å²) >= 11 is 1.31. The van der Waals surface area contributed by atoms with Gasteiger partial charge in [-0.25, -0.2) is 23.1 Å². The van der Waals surface area contributed by atoms with Crippen LogP contribution in [0.15, 0.2) is 70.6 Å². The number of aliphatic hydroxyl groups excluding tert-OH is 1. The van der Waals surface area contributed by atoms with Crippen LogP contribution in [0.3, 0.4) is 0 Å². The van der Waals surface area contributed by atoms with Crippen LogP contribution in [0, 0.1) is 11.6 Å². The van der Waals surface area contributed by atoms with Crippen molar-refractivity contribution in [2.24, 2.45) is 4.99 Å². The third-order valence-electron chi connectivity index (χ3n) is 5.15. The molecule has 1 aromatic heterocycles. The first kappa shape index (κ1) is 23.9. The molecular weight excluding hydrogens is 464 g/mol. The Morgan fingerprint density at radius 2 is 1.74 bits per heavy atom. The molecule has 0 saturated carbocycles. The second kappa shape index (κ2) is 10.3. The summed E-state index contributed by atoms with van der Waals surface area (Å²) in [5.74, 6) is -1.81. The molecule has 3 N–H and O–H groups in total. The van der Waals surface area contributed by atoms with Gasteiger partial charge < -0.3 is 20.5 Å². The summed E-state index contributed by atoms with van der Waals surface area (Å²) in [5, 5.41) is 9.58. The van der Waals surface area contributed by atoms with E-state index in [1.165, 1.54) is 59.2 Å². The molecule has 2 heterocycles. The third-order valence-corrected chi connectivity index (χ3v) is 6.31. The van der Waals surface area contributed by atoms with Crippen LogP contribution in [-0.2, 0) is 23.7 Å². The van der Waals surface area contributed by atoms with Crippen molar-refractivity contribution in [2.75, 3.05) is 18.1 Å². The van der Waals surface area contributed by atoms with Crippen LogP contribution in [0.5, 0.6) is 0 Å². The van der Waals surface area contributed by atoms with Crippen LogP contribution in [0.25, 0.3) is 0 Å². The summed E-state index contributed by atoms with van der Waals surface area (Å²) in [6.45, 7) is 0.472. The van der Waals surface area contributed by atoms with Gasteiger partial charge in [0.1, 0.15) is 22.9 Å². The molecule has 1 saturated heterocycles. The molecule has 8 nitrogen and oxygen atoms in total. The van der Waals surface area contributed by atoms with Gasteiger partial charge in [-0.1, -0.05) is 24.3 Å². The molecule has 34 heavy (non-hydrogen) atoms. The van der Waals surface area contributed by atoms with E-state index in [4.69, 9.17) is 10.5 Å². The Morgan fingerprint density at radius 1 is 1.15 bits per heavy atom. The van der Waals surface area contributed by atoms with Crippen LogP contribution in [0.1, 0.15) is 11.1 Å². The Bertz CT molecular complexity index is 1160. The van der Waals surface area contributed by atoms with Crippen LogP contribution < -0.4 is 11.4 Å². The van der Waals surface area contributed by atoms with E-state index in [0.717, 1.165) is 11.1 Å². The number of anilines is 1. The van der Waals surface area contributed by atoms with Gasteiger partial charge in [0, 0.05) is 19.3 Å². The van der Waals surface area contributed by atoms with Gasteiger partial charge in [-0.15, -0.1) is 11.8 Å². The highest BCUT2D eigenvalue weighted by atomic mass is 32.2. The van der Waals surface area contributed by atoms with Crippen molar-refractivity contribution in [3.8, 4) is 0 Å². The number of rotatable bonds is 8. The number of halogens is 2. The molecule has 0 aliphatic carbocycles. The Morgan fingerprint density at radius 3 is 2.24 bits per heavy atom. The van der Waals surface area contributed by atoms with E-state index in [1.54, 1.807) is 24.3 Å². The average molecular weight is 488 g/mol. The zero-order valence-electron chi connectivity index (χ0n) is 18.1. The van der Waals surface area contributed by atoms with Crippen molar-refractivity contribution in [2.45, 2.75) is 24.4 Å². The summed E-state index contributed by atoms with van der Waals surface area (Å²) in [4.78, 5) is 22.8. The lowest BCUT2D eigenvalue weighted by Crippen LogP contribution is -2.43. The van der Waals surface area contributed by atoms with Crippen LogP contribution in [-0.4, -0.2) is 43.7 Å². The number of aliphatic hydroxyl groups is 1. The van der Waals surface area contributed by atoms with Gasteiger partial charge in [-0.2, -0.15) is 4.98 Å². The van der Waals surface area contributed by atoms with Gasteiger partial charge in [0.25, 0.3) is 5.85 Å². The van der Waals surface area contributed by atoms with Gasteiger partial charge in [0.2, 0.25) is 0 Å². The Labute approximate surface area is 198 Å². The van der Waals surface area contributed by atoms with Gasteiger partial charge in [-0.3, -0.25) is 0 Å². The van der Waals surface area contributed by atoms with E-state index in [2.05, 4.69) is 9.98 Å². The van der Waals surface area contributed by atoms with Gasteiger partial charge in [0.15, 0.2) is 0 Å². The number of hydrogen-bond acceptors (Lipinski definition) is 7. The van der Waals surface area contributed by atoms with Crippen molar-refractivity contribution in [1.29, 1.82) is 0 Å². The quantitative estimate of drug-likeness (QED) is 0.372. The maximum absolute atomic E-state index is 13.4. The Kier molecular flexibility index (Phi) is 7.25. The number of nitrogens with two attached hydrogens (primary N) is 1. The molecule has 11 heteroatoms.